The molecule has 7 heteroatoms. The normalized spacial score (nSPS) is 10.9. The van der Waals surface area contributed by atoms with Crippen LogP contribution < -0.4 is 15.4 Å². The summed E-state index contributed by atoms with van der Waals surface area (Å²) in [5, 5.41) is 14.5. The molecule has 0 aliphatic heterocycles. The third kappa shape index (κ3) is 5.60. The Labute approximate surface area is 185 Å². The van der Waals surface area contributed by atoms with E-state index in [2.05, 4.69) is 10.6 Å². The number of ether oxygens (including phenoxy) is 1. The van der Waals surface area contributed by atoms with Crippen LogP contribution in [0.15, 0.2) is 78.5 Å². The quantitative estimate of drug-likeness (QED) is 0.489. The van der Waals surface area contributed by atoms with E-state index in [0.717, 1.165) is 11.1 Å². The Balaban J connectivity index is 1.96. The Morgan fingerprint density at radius 2 is 1.66 bits per heavy atom. The van der Waals surface area contributed by atoms with Gasteiger partial charge >= 0.3 is 5.97 Å². The molecule has 0 aromatic heterocycles. The summed E-state index contributed by atoms with van der Waals surface area (Å²) in [6, 6.07) is 20.1. The van der Waals surface area contributed by atoms with Crippen molar-refractivity contribution in [1.29, 1.82) is 0 Å². The van der Waals surface area contributed by atoms with Gasteiger partial charge in [0, 0.05) is 5.56 Å². The first-order chi connectivity index (χ1) is 15.4. The molecule has 0 spiro atoms. The van der Waals surface area contributed by atoms with Crippen LogP contribution >= 0.6 is 0 Å². The lowest BCUT2D eigenvalue weighted by molar-refractivity contribution is -0.113. The molecule has 0 unspecified atom stereocenters. The molecule has 162 valence electrons. The molecule has 3 aromatic rings. The highest BCUT2D eigenvalue weighted by Crippen LogP contribution is 2.26. The van der Waals surface area contributed by atoms with Crippen LogP contribution in [0, 0.1) is 6.92 Å². The van der Waals surface area contributed by atoms with Crippen LogP contribution in [0.4, 0.5) is 5.69 Å². The van der Waals surface area contributed by atoms with E-state index in [1.807, 2.05) is 25.1 Å². The largest absolute Gasteiger partial charge is 0.495 e. The first kappa shape index (κ1) is 22.3. The number of aryl methyl sites for hydroxylation is 1. The fourth-order valence-corrected chi connectivity index (χ4v) is 3.00. The summed E-state index contributed by atoms with van der Waals surface area (Å²) in [5.74, 6) is -1.94. The molecule has 0 bridgehead atoms. The topological polar surface area (TPSA) is 105 Å². The summed E-state index contributed by atoms with van der Waals surface area (Å²) < 4.78 is 5.23. The predicted octanol–water partition coefficient (Wildman–Crippen LogP) is 4.11. The number of carbonyl (C=O) groups is 3. The molecule has 3 aromatic carbocycles. The highest BCUT2D eigenvalue weighted by Gasteiger charge is 2.18. The number of hydrogen-bond donors (Lipinski definition) is 3. The first-order valence-corrected chi connectivity index (χ1v) is 9.75. The molecule has 0 radical (unpaired) electrons. The Kier molecular flexibility index (Phi) is 7.02. The molecule has 0 aliphatic carbocycles. The average Bonchev–Trinajstić information content (AvgIpc) is 2.79. The number of carboxylic acid groups (broad SMARTS) is 1. The van der Waals surface area contributed by atoms with E-state index in [9.17, 15) is 19.5 Å². The minimum absolute atomic E-state index is 0.00719. The lowest BCUT2D eigenvalue weighted by atomic mass is 10.1. The summed E-state index contributed by atoms with van der Waals surface area (Å²) in [6.07, 6.45) is 1.55. The Morgan fingerprint density at radius 3 is 2.31 bits per heavy atom. The van der Waals surface area contributed by atoms with E-state index in [4.69, 9.17) is 4.74 Å². The van der Waals surface area contributed by atoms with Gasteiger partial charge in [-0.25, -0.2) is 4.79 Å². The number of amides is 2. The number of hydrogen-bond acceptors (Lipinski definition) is 4. The molecule has 0 heterocycles. The predicted molar refractivity (Wildman–Crippen MR) is 122 cm³/mol. The molecule has 0 fully saturated rings. The molecule has 3 N–H and O–H groups in total. The van der Waals surface area contributed by atoms with Gasteiger partial charge in [-0.2, -0.15) is 0 Å². The van der Waals surface area contributed by atoms with Crippen LogP contribution in [0.25, 0.3) is 6.08 Å². The van der Waals surface area contributed by atoms with Gasteiger partial charge in [-0.05, 0) is 48.9 Å². The number of nitrogens with one attached hydrogen (secondary N) is 2. The van der Waals surface area contributed by atoms with E-state index in [1.54, 1.807) is 42.5 Å². The third-order valence-electron chi connectivity index (χ3n) is 4.58. The van der Waals surface area contributed by atoms with E-state index in [-0.39, 0.29) is 22.7 Å². The van der Waals surface area contributed by atoms with Gasteiger partial charge in [0.1, 0.15) is 11.4 Å². The van der Waals surface area contributed by atoms with Crippen LogP contribution in [-0.4, -0.2) is 30.0 Å². The molecule has 0 saturated heterocycles. The maximum Gasteiger partial charge on any atom is 0.335 e. The lowest BCUT2D eigenvalue weighted by Gasteiger charge is -2.14. The summed E-state index contributed by atoms with van der Waals surface area (Å²) in [7, 11) is 1.41. The summed E-state index contributed by atoms with van der Waals surface area (Å²) >= 11 is 0. The van der Waals surface area contributed by atoms with Gasteiger partial charge < -0.3 is 20.5 Å². The van der Waals surface area contributed by atoms with E-state index < -0.39 is 17.8 Å². The Morgan fingerprint density at radius 1 is 0.906 bits per heavy atom. The van der Waals surface area contributed by atoms with Crippen LogP contribution in [0.2, 0.25) is 0 Å². The van der Waals surface area contributed by atoms with Crippen molar-refractivity contribution in [2.75, 3.05) is 12.4 Å². The highest BCUT2D eigenvalue weighted by atomic mass is 16.5. The fraction of sp³-hybridized carbons (Fsp3) is 0.0800. The Bertz CT molecular complexity index is 1190. The van der Waals surface area contributed by atoms with Gasteiger partial charge in [0.25, 0.3) is 11.8 Å². The monoisotopic (exact) mass is 430 g/mol. The van der Waals surface area contributed by atoms with E-state index >= 15 is 0 Å². The number of carboxylic acids is 1. The number of aromatic carboxylic acids is 1. The summed E-state index contributed by atoms with van der Waals surface area (Å²) in [5.41, 5.74) is 2.24. The Hall–Kier alpha value is -4.39. The van der Waals surface area contributed by atoms with Gasteiger partial charge in [-0.15, -0.1) is 0 Å². The fourth-order valence-electron chi connectivity index (χ4n) is 3.00. The number of methoxy groups -OCH3 is 1. The molecule has 0 aliphatic rings. The maximum atomic E-state index is 13.1. The zero-order valence-corrected chi connectivity index (χ0v) is 17.6. The van der Waals surface area contributed by atoms with Gasteiger partial charge in [-0.1, -0.05) is 48.0 Å². The maximum absolute atomic E-state index is 13.1. The molecular formula is C25H22N2O5. The zero-order valence-electron chi connectivity index (χ0n) is 17.6. The van der Waals surface area contributed by atoms with Gasteiger partial charge in [0.15, 0.2) is 0 Å². The van der Waals surface area contributed by atoms with Crippen molar-refractivity contribution >= 4 is 29.5 Å². The third-order valence-corrected chi connectivity index (χ3v) is 4.58. The molecule has 0 saturated carbocycles. The molecule has 2 amide bonds. The summed E-state index contributed by atoms with van der Waals surface area (Å²) in [6.45, 7) is 1.92. The minimum Gasteiger partial charge on any atom is -0.495 e. The lowest BCUT2D eigenvalue weighted by Crippen LogP contribution is -2.30. The molecule has 32 heavy (non-hydrogen) atoms. The second kappa shape index (κ2) is 10.1. The van der Waals surface area contributed by atoms with Crippen molar-refractivity contribution in [3.63, 3.8) is 0 Å². The van der Waals surface area contributed by atoms with Crippen molar-refractivity contribution in [3.8, 4) is 5.75 Å². The standard InChI is InChI=1S/C25H22N2O5/c1-16-7-6-8-17(13-16)14-21(27-23(28)18-9-4-3-5-10-18)24(29)26-20-15-19(25(30)31)11-12-22(20)32-2/h3-15H,1-2H3,(H,26,29)(H,27,28)(H,30,31)/b21-14-. The van der Waals surface area contributed by atoms with Crippen molar-refractivity contribution in [1.82, 2.24) is 5.32 Å². The molecule has 3 rings (SSSR count). The van der Waals surface area contributed by atoms with Crippen molar-refractivity contribution in [2.24, 2.45) is 0 Å². The SMILES string of the molecule is COc1ccc(C(=O)O)cc1NC(=O)/C(=C/c1cccc(C)c1)NC(=O)c1ccccc1. The second-order valence-electron chi connectivity index (χ2n) is 6.97. The second-order valence-corrected chi connectivity index (χ2v) is 6.97. The van der Waals surface area contributed by atoms with Crippen molar-refractivity contribution in [3.05, 3.63) is 101 Å². The van der Waals surface area contributed by atoms with Crippen molar-refractivity contribution < 1.29 is 24.2 Å². The van der Waals surface area contributed by atoms with Crippen LogP contribution in [0.1, 0.15) is 31.8 Å². The number of benzene rings is 3. The number of carbonyl (C=O) groups excluding carboxylic acids is 2. The first-order valence-electron chi connectivity index (χ1n) is 9.75. The molecular weight excluding hydrogens is 408 g/mol. The summed E-state index contributed by atoms with van der Waals surface area (Å²) in [4.78, 5) is 37.1. The van der Waals surface area contributed by atoms with Gasteiger partial charge in [-0.3, -0.25) is 9.59 Å². The van der Waals surface area contributed by atoms with Gasteiger partial charge in [0.2, 0.25) is 0 Å². The smallest absolute Gasteiger partial charge is 0.335 e. The van der Waals surface area contributed by atoms with Crippen LogP contribution in [0.5, 0.6) is 5.75 Å². The minimum atomic E-state index is -1.14. The number of anilines is 1. The number of rotatable bonds is 7. The van der Waals surface area contributed by atoms with Gasteiger partial charge in [0.05, 0.1) is 18.4 Å². The highest BCUT2D eigenvalue weighted by molar-refractivity contribution is 6.11. The van der Waals surface area contributed by atoms with E-state index in [1.165, 1.54) is 25.3 Å². The van der Waals surface area contributed by atoms with Crippen LogP contribution in [-0.2, 0) is 4.79 Å². The molecule has 7 nitrogen and oxygen atoms in total. The van der Waals surface area contributed by atoms with Crippen LogP contribution in [0.3, 0.4) is 0 Å². The zero-order chi connectivity index (χ0) is 23.1. The molecule has 0 atom stereocenters. The van der Waals surface area contributed by atoms with E-state index in [0.29, 0.717) is 5.56 Å². The van der Waals surface area contributed by atoms with Crippen molar-refractivity contribution in [2.45, 2.75) is 6.92 Å². The average molecular weight is 430 g/mol.